The van der Waals surface area contributed by atoms with Crippen LogP contribution in [0.4, 0.5) is 0 Å². The minimum Gasteiger partial charge on any atom is -0.481 e. The summed E-state index contributed by atoms with van der Waals surface area (Å²) in [6.45, 7) is 2.48. The Balaban J connectivity index is 1.74. The zero-order chi connectivity index (χ0) is 13.9. The molecule has 104 valence electrons. The van der Waals surface area contributed by atoms with E-state index in [1.807, 2.05) is 18.2 Å². The van der Waals surface area contributed by atoms with Crippen LogP contribution in [0.1, 0.15) is 22.6 Å². The van der Waals surface area contributed by atoms with E-state index in [0.29, 0.717) is 12.3 Å². The van der Waals surface area contributed by atoms with Gasteiger partial charge in [-0.2, -0.15) is 0 Å². The predicted molar refractivity (Wildman–Crippen MR) is 72.1 cm³/mol. The summed E-state index contributed by atoms with van der Waals surface area (Å²) in [6, 6.07) is 10.3. The number of aromatic nitrogens is 1. The average molecular weight is 272 g/mol. The van der Waals surface area contributed by atoms with Crippen molar-refractivity contribution >= 4 is 5.97 Å². The number of carboxylic acids is 1. The molecule has 0 spiro atoms. The molecular weight excluding hydrogens is 256 g/mol. The first kappa shape index (κ1) is 12.9. The van der Waals surface area contributed by atoms with Crippen molar-refractivity contribution in [2.24, 2.45) is 0 Å². The summed E-state index contributed by atoms with van der Waals surface area (Å²) in [6.07, 6.45) is 0.715. The first-order valence-electron chi connectivity index (χ1n) is 6.67. The smallest absolute Gasteiger partial charge is 0.311 e. The number of fused-ring (bicyclic) bond motifs is 1. The predicted octanol–water partition coefficient (Wildman–Crippen LogP) is 1.86. The Bertz CT molecular complexity index is 607. The van der Waals surface area contributed by atoms with Crippen LogP contribution in [-0.2, 0) is 30.7 Å². The molecule has 0 unspecified atom stereocenters. The van der Waals surface area contributed by atoms with Gasteiger partial charge in [0.1, 0.15) is 6.42 Å². The van der Waals surface area contributed by atoms with E-state index in [1.165, 1.54) is 5.56 Å². The highest BCUT2D eigenvalue weighted by Crippen LogP contribution is 2.23. The van der Waals surface area contributed by atoms with Gasteiger partial charge in [-0.1, -0.05) is 35.5 Å². The Morgan fingerprint density at radius 1 is 1.35 bits per heavy atom. The van der Waals surface area contributed by atoms with Gasteiger partial charge in [0.15, 0.2) is 5.76 Å². The SMILES string of the molecule is O=C(O)Cc1onc2c1CN(Cc1ccccc1)CC2. The summed E-state index contributed by atoms with van der Waals surface area (Å²) in [5, 5.41) is 12.9. The fourth-order valence-corrected chi connectivity index (χ4v) is 2.58. The van der Waals surface area contributed by atoms with Gasteiger partial charge in [-0.15, -0.1) is 0 Å². The number of carbonyl (C=O) groups is 1. The van der Waals surface area contributed by atoms with Gasteiger partial charge in [-0.3, -0.25) is 9.69 Å². The monoisotopic (exact) mass is 272 g/mol. The van der Waals surface area contributed by atoms with Gasteiger partial charge >= 0.3 is 5.97 Å². The third kappa shape index (κ3) is 2.72. The molecule has 0 amide bonds. The summed E-state index contributed by atoms with van der Waals surface area (Å²) in [7, 11) is 0. The van der Waals surface area contributed by atoms with Gasteiger partial charge in [-0.05, 0) is 5.56 Å². The van der Waals surface area contributed by atoms with Crippen LogP contribution in [0.15, 0.2) is 34.9 Å². The van der Waals surface area contributed by atoms with Crippen LogP contribution in [0.5, 0.6) is 0 Å². The van der Waals surface area contributed by atoms with E-state index in [9.17, 15) is 4.79 Å². The van der Waals surface area contributed by atoms with Crippen LogP contribution in [0, 0.1) is 0 Å². The van der Waals surface area contributed by atoms with Crippen LogP contribution < -0.4 is 0 Å². The highest BCUT2D eigenvalue weighted by Gasteiger charge is 2.24. The highest BCUT2D eigenvalue weighted by atomic mass is 16.5. The Morgan fingerprint density at radius 2 is 2.15 bits per heavy atom. The second kappa shape index (κ2) is 5.46. The van der Waals surface area contributed by atoms with Gasteiger partial charge in [-0.25, -0.2) is 0 Å². The molecule has 0 saturated heterocycles. The van der Waals surface area contributed by atoms with Crippen LogP contribution in [-0.4, -0.2) is 27.7 Å². The Kier molecular flexibility index (Phi) is 3.52. The normalized spacial score (nSPS) is 15.0. The van der Waals surface area contributed by atoms with E-state index >= 15 is 0 Å². The minimum atomic E-state index is -0.885. The molecule has 1 N–H and O–H groups in total. The molecule has 0 saturated carbocycles. The van der Waals surface area contributed by atoms with E-state index in [1.54, 1.807) is 0 Å². The van der Waals surface area contributed by atoms with Crippen molar-refractivity contribution in [2.75, 3.05) is 6.54 Å². The summed E-state index contributed by atoms with van der Waals surface area (Å²) in [5.74, 6) is -0.394. The molecule has 1 aliphatic rings. The number of hydrogen-bond donors (Lipinski definition) is 1. The molecular formula is C15H16N2O3. The number of nitrogens with zero attached hydrogens (tertiary/aromatic N) is 2. The molecule has 5 nitrogen and oxygen atoms in total. The summed E-state index contributed by atoms with van der Waals surface area (Å²) >= 11 is 0. The molecule has 1 aromatic heterocycles. The summed E-state index contributed by atoms with van der Waals surface area (Å²) < 4.78 is 5.17. The molecule has 5 heteroatoms. The highest BCUT2D eigenvalue weighted by molar-refractivity contribution is 5.69. The standard InChI is InChI=1S/C15H16N2O3/c18-15(19)8-14-12-10-17(7-6-13(12)16-20-14)9-11-4-2-1-3-5-11/h1-5H,6-10H2,(H,18,19). The van der Waals surface area contributed by atoms with Gasteiger partial charge in [0.25, 0.3) is 0 Å². The largest absolute Gasteiger partial charge is 0.481 e. The Labute approximate surface area is 116 Å². The molecule has 0 radical (unpaired) electrons. The van der Waals surface area contributed by atoms with Crippen molar-refractivity contribution in [3.05, 3.63) is 52.9 Å². The molecule has 1 aliphatic heterocycles. The van der Waals surface area contributed by atoms with Crippen LogP contribution >= 0.6 is 0 Å². The van der Waals surface area contributed by atoms with E-state index in [4.69, 9.17) is 9.63 Å². The number of carboxylic acid groups (broad SMARTS) is 1. The van der Waals surface area contributed by atoms with Gasteiger partial charge in [0.05, 0.1) is 5.69 Å². The lowest BCUT2D eigenvalue weighted by atomic mass is 10.0. The van der Waals surface area contributed by atoms with Crippen molar-refractivity contribution < 1.29 is 14.4 Å². The third-order valence-corrected chi connectivity index (χ3v) is 3.56. The third-order valence-electron chi connectivity index (χ3n) is 3.56. The van der Waals surface area contributed by atoms with Crippen molar-refractivity contribution in [3.63, 3.8) is 0 Å². The number of benzene rings is 1. The van der Waals surface area contributed by atoms with E-state index in [2.05, 4.69) is 22.2 Å². The minimum absolute atomic E-state index is 0.0957. The van der Waals surface area contributed by atoms with E-state index in [-0.39, 0.29) is 6.42 Å². The quantitative estimate of drug-likeness (QED) is 0.920. The Morgan fingerprint density at radius 3 is 2.90 bits per heavy atom. The first-order valence-corrected chi connectivity index (χ1v) is 6.67. The second-order valence-electron chi connectivity index (χ2n) is 5.05. The molecule has 0 fully saturated rings. The maximum atomic E-state index is 10.8. The second-order valence-corrected chi connectivity index (χ2v) is 5.05. The summed E-state index contributed by atoms with van der Waals surface area (Å²) in [5.41, 5.74) is 3.12. The maximum Gasteiger partial charge on any atom is 0.311 e. The molecule has 0 atom stereocenters. The zero-order valence-corrected chi connectivity index (χ0v) is 11.1. The maximum absolute atomic E-state index is 10.8. The van der Waals surface area contributed by atoms with Crippen molar-refractivity contribution in [1.29, 1.82) is 0 Å². The lowest BCUT2D eigenvalue weighted by molar-refractivity contribution is -0.136. The molecule has 20 heavy (non-hydrogen) atoms. The molecule has 0 aliphatic carbocycles. The van der Waals surface area contributed by atoms with Crippen LogP contribution in [0.2, 0.25) is 0 Å². The van der Waals surface area contributed by atoms with E-state index in [0.717, 1.165) is 30.8 Å². The Hall–Kier alpha value is -2.14. The molecule has 1 aromatic carbocycles. The first-order chi connectivity index (χ1) is 9.72. The van der Waals surface area contributed by atoms with Gasteiger partial charge < -0.3 is 9.63 Å². The summed E-state index contributed by atoms with van der Waals surface area (Å²) in [4.78, 5) is 13.1. The van der Waals surface area contributed by atoms with Crippen LogP contribution in [0.3, 0.4) is 0 Å². The lowest BCUT2D eigenvalue weighted by Crippen LogP contribution is -2.30. The number of rotatable bonds is 4. The molecule has 3 rings (SSSR count). The topological polar surface area (TPSA) is 66.6 Å². The fourth-order valence-electron chi connectivity index (χ4n) is 2.58. The number of hydrogen-bond acceptors (Lipinski definition) is 4. The zero-order valence-electron chi connectivity index (χ0n) is 11.1. The van der Waals surface area contributed by atoms with Gasteiger partial charge in [0, 0.05) is 31.6 Å². The molecule has 0 bridgehead atoms. The van der Waals surface area contributed by atoms with Crippen molar-refractivity contribution in [3.8, 4) is 0 Å². The van der Waals surface area contributed by atoms with Crippen molar-refractivity contribution in [1.82, 2.24) is 10.1 Å². The number of aliphatic carboxylic acids is 1. The van der Waals surface area contributed by atoms with Gasteiger partial charge in [0.2, 0.25) is 0 Å². The van der Waals surface area contributed by atoms with Crippen molar-refractivity contribution in [2.45, 2.75) is 25.9 Å². The molecule has 2 aromatic rings. The van der Waals surface area contributed by atoms with E-state index < -0.39 is 5.97 Å². The average Bonchev–Trinajstić information content (AvgIpc) is 2.82. The molecule has 2 heterocycles. The van der Waals surface area contributed by atoms with Crippen LogP contribution in [0.25, 0.3) is 0 Å². The lowest BCUT2D eigenvalue weighted by Gasteiger charge is -2.26. The fraction of sp³-hybridized carbons (Fsp3) is 0.333.